The van der Waals surface area contributed by atoms with Gasteiger partial charge in [0, 0.05) is 7.11 Å². The molecule has 0 N–H and O–H groups in total. The van der Waals surface area contributed by atoms with Gasteiger partial charge < -0.3 is 4.74 Å². The van der Waals surface area contributed by atoms with Crippen molar-refractivity contribution in [2.24, 2.45) is 0 Å². The van der Waals surface area contributed by atoms with Crippen LogP contribution in [0.2, 0.25) is 0 Å². The highest BCUT2D eigenvalue weighted by Crippen LogP contribution is 2.24. The molecule has 0 aromatic heterocycles. The first-order chi connectivity index (χ1) is 7.92. The van der Waals surface area contributed by atoms with Crippen LogP contribution in [0.15, 0.2) is 30.3 Å². The molecule has 2 rings (SSSR count). The number of ether oxygens (including phenoxy) is 1. The summed E-state index contributed by atoms with van der Waals surface area (Å²) in [5.41, 5.74) is 1.38. The van der Waals surface area contributed by atoms with E-state index >= 15 is 0 Å². The summed E-state index contributed by atoms with van der Waals surface area (Å²) in [6.07, 6.45) is 4.03. The van der Waals surface area contributed by atoms with Crippen molar-refractivity contribution >= 4 is 0 Å². The van der Waals surface area contributed by atoms with Crippen LogP contribution >= 0.6 is 0 Å². The minimum Gasteiger partial charge on any atom is -0.383 e. The lowest BCUT2D eigenvalue weighted by Crippen LogP contribution is -2.35. The van der Waals surface area contributed by atoms with Gasteiger partial charge in [-0.25, -0.2) is 0 Å². The molecule has 2 heteroatoms. The lowest BCUT2D eigenvalue weighted by molar-refractivity contribution is 0.0767. The Balaban J connectivity index is 2.09. The van der Waals surface area contributed by atoms with E-state index in [1.165, 1.54) is 37.9 Å². The van der Waals surface area contributed by atoms with Crippen molar-refractivity contribution in [1.29, 1.82) is 0 Å². The van der Waals surface area contributed by atoms with Gasteiger partial charge in [0.1, 0.15) is 0 Å². The summed E-state index contributed by atoms with van der Waals surface area (Å²) < 4.78 is 5.37. The van der Waals surface area contributed by atoms with Crippen LogP contribution < -0.4 is 0 Å². The Bertz CT molecular complexity index is 293. The number of piperidine rings is 1. The number of rotatable bonds is 4. The van der Waals surface area contributed by atoms with Crippen LogP contribution in [0.4, 0.5) is 0 Å². The lowest BCUT2D eigenvalue weighted by Gasteiger charge is -2.34. The first kappa shape index (κ1) is 11.6. The van der Waals surface area contributed by atoms with Gasteiger partial charge in [0.15, 0.2) is 0 Å². The smallest absolute Gasteiger partial charge is 0.0659 e. The summed E-state index contributed by atoms with van der Waals surface area (Å²) in [7, 11) is 1.79. The molecule has 1 heterocycles. The summed E-state index contributed by atoms with van der Waals surface area (Å²) in [5, 5.41) is 0. The Morgan fingerprint density at radius 2 is 1.81 bits per heavy atom. The molecule has 0 spiro atoms. The van der Waals surface area contributed by atoms with Crippen molar-refractivity contribution in [2.75, 3.05) is 26.8 Å². The molecular formula is C14H21NO. The molecule has 0 bridgehead atoms. The number of likely N-dealkylation sites (tertiary alicyclic amines) is 1. The van der Waals surface area contributed by atoms with Gasteiger partial charge in [-0.15, -0.1) is 0 Å². The second-order valence-electron chi connectivity index (χ2n) is 4.48. The molecule has 1 saturated heterocycles. The largest absolute Gasteiger partial charge is 0.383 e. The summed E-state index contributed by atoms with van der Waals surface area (Å²) in [4.78, 5) is 2.56. The maximum atomic E-state index is 5.37. The fourth-order valence-corrected chi connectivity index (χ4v) is 2.48. The second kappa shape index (κ2) is 6.02. The average Bonchev–Trinajstić information content (AvgIpc) is 2.38. The van der Waals surface area contributed by atoms with Gasteiger partial charge in [-0.05, 0) is 31.5 Å². The minimum absolute atomic E-state index is 0.437. The maximum absolute atomic E-state index is 5.37. The monoisotopic (exact) mass is 219 g/mol. The Morgan fingerprint density at radius 3 is 2.44 bits per heavy atom. The number of benzene rings is 1. The third-order valence-corrected chi connectivity index (χ3v) is 3.34. The first-order valence-corrected chi connectivity index (χ1v) is 6.20. The predicted molar refractivity (Wildman–Crippen MR) is 66.5 cm³/mol. The van der Waals surface area contributed by atoms with Crippen LogP contribution in [0.5, 0.6) is 0 Å². The molecule has 0 amide bonds. The highest BCUT2D eigenvalue weighted by atomic mass is 16.5. The van der Waals surface area contributed by atoms with Gasteiger partial charge in [0.25, 0.3) is 0 Å². The third-order valence-electron chi connectivity index (χ3n) is 3.34. The van der Waals surface area contributed by atoms with Gasteiger partial charge in [0.05, 0.1) is 12.6 Å². The molecule has 1 fully saturated rings. The van der Waals surface area contributed by atoms with Gasteiger partial charge in [0.2, 0.25) is 0 Å². The van der Waals surface area contributed by atoms with E-state index in [-0.39, 0.29) is 0 Å². The molecule has 16 heavy (non-hydrogen) atoms. The Kier molecular flexibility index (Phi) is 4.37. The van der Waals surface area contributed by atoms with Crippen molar-refractivity contribution in [1.82, 2.24) is 4.90 Å². The third kappa shape index (κ3) is 2.83. The van der Waals surface area contributed by atoms with Gasteiger partial charge >= 0.3 is 0 Å². The highest BCUT2D eigenvalue weighted by molar-refractivity contribution is 5.19. The van der Waals surface area contributed by atoms with Crippen molar-refractivity contribution in [2.45, 2.75) is 25.3 Å². The Hall–Kier alpha value is -0.860. The lowest BCUT2D eigenvalue weighted by atomic mass is 10.0. The molecular weight excluding hydrogens is 198 g/mol. The molecule has 1 aromatic carbocycles. The Morgan fingerprint density at radius 1 is 1.12 bits per heavy atom. The van der Waals surface area contributed by atoms with Crippen molar-refractivity contribution in [3.05, 3.63) is 35.9 Å². The van der Waals surface area contributed by atoms with E-state index in [0.717, 1.165) is 6.61 Å². The summed E-state index contributed by atoms with van der Waals surface area (Å²) in [5.74, 6) is 0. The summed E-state index contributed by atoms with van der Waals surface area (Å²) >= 11 is 0. The van der Waals surface area contributed by atoms with Crippen LogP contribution in [-0.4, -0.2) is 31.7 Å². The molecule has 1 aliphatic rings. The van der Waals surface area contributed by atoms with Crippen molar-refractivity contribution < 1.29 is 4.74 Å². The molecule has 1 aromatic rings. The van der Waals surface area contributed by atoms with Gasteiger partial charge in [-0.2, -0.15) is 0 Å². The van der Waals surface area contributed by atoms with Crippen LogP contribution in [-0.2, 0) is 4.74 Å². The molecule has 88 valence electrons. The molecule has 1 atom stereocenters. The molecule has 2 nitrogen and oxygen atoms in total. The zero-order valence-corrected chi connectivity index (χ0v) is 10.1. The van der Waals surface area contributed by atoms with E-state index in [4.69, 9.17) is 4.74 Å². The van der Waals surface area contributed by atoms with Crippen LogP contribution in [0.1, 0.15) is 30.9 Å². The zero-order valence-electron chi connectivity index (χ0n) is 10.1. The summed E-state index contributed by atoms with van der Waals surface area (Å²) in [6, 6.07) is 11.1. The maximum Gasteiger partial charge on any atom is 0.0659 e. The standard InChI is InChI=1S/C14H21NO/c1-16-12-14(13-8-4-2-5-9-13)15-10-6-3-7-11-15/h2,4-5,8-9,14H,3,6-7,10-12H2,1H3. The van der Waals surface area contributed by atoms with Crippen molar-refractivity contribution in [3.8, 4) is 0 Å². The minimum atomic E-state index is 0.437. The molecule has 0 aliphatic carbocycles. The fourth-order valence-electron chi connectivity index (χ4n) is 2.48. The number of methoxy groups -OCH3 is 1. The van der Waals surface area contributed by atoms with Crippen LogP contribution in [0.3, 0.4) is 0 Å². The normalized spacial score (nSPS) is 19.6. The van der Waals surface area contributed by atoms with Crippen LogP contribution in [0, 0.1) is 0 Å². The van der Waals surface area contributed by atoms with Gasteiger partial charge in [-0.1, -0.05) is 36.8 Å². The van der Waals surface area contributed by atoms with Gasteiger partial charge in [-0.3, -0.25) is 4.90 Å². The SMILES string of the molecule is COCC(c1ccccc1)N1CCCCC1. The van der Waals surface area contributed by atoms with E-state index in [1.807, 2.05) is 0 Å². The summed E-state index contributed by atoms with van der Waals surface area (Å²) in [6.45, 7) is 3.22. The first-order valence-electron chi connectivity index (χ1n) is 6.20. The fraction of sp³-hybridized carbons (Fsp3) is 0.571. The Labute approximate surface area is 98.2 Å². The van der Waals surface area contributed by atoms with E-state index in [1.54, 1.807) is 7.11 Å². The average molecular weight is 219 g/mol. The quantitative estimate of drug-likeness (QED) is 0.772. The number of hydrogen-bond acceptors (Lipinski definition) is 2. The number of nitrogens with zero attached hydrogens (tertiary/aromatic N) is 1. The topological polar surface area (TPSA) is 12.5 Å². The predicted octanol–water partition coefficient (Wildman–Crippen LogP) is 2.86. The van der Waals surface area contributed by atoms with E-state index < -0.39 is 0 Å². The van der Waals surface area contributed by atoms with Crippen molar-refractivity contribution in [3.63, 3.8) is 0 Å². The molecule has 0 radical (unpaired) electrons. The molecule has 1 aliphatic heterocycles. The molecule has 1 unspecified atom stereocenters. The van der Waals surface area contributed by atoms with Crippen LogP contribution in [0.25, 0.3) is 0 Å². The highest BCUT2D eigenvalue weighted by Gasteiger charge is 2.21. The zero-order chi connectivity index (χ0) is 11.2. The number of hydrogen-bond donors (Lipinski definition) is 0. The van der Waals surface area contributed by atoms with E-state index in [0.29, 0.717) is 6.04 Å². The second-order valence-corrected chi connectivity index (χ2v) is 4.48. The molecule has 0 saturated carbocycles. The van der Waals surface area contributed by atoms with E-state index in [2.05, 4.69) is 35.2 Å². The van der Waals surface area contributed by atoms with E-state index in [9.17, 15) is 0 Å².